The van der Waals surface area contributed by atoms with Crippen LogP contribution in [-0.2, 0) is 32.2 Å². The average Bonchev–Trinajstić information content (AvgIpc) is 3.32. The minimum atomic E-state index is 0.782. The van der Waals surface area contributed by atoms with Gasteiger partial charge in [0.15, 0.2) is 5.96 Å². The number of hydrogen-bond acceptors (Lipinski definition) is 3. The van der Waals surface area contributed by atoms with Gasteiger partial charge in [0.25, 0.3) is 0 Å². The maximum Gasteiger partial charge on any atom is 0.191 e. The molecule has 1 aliphatic heterocycles. The fourth-order valence-corrected chi connectivity index (χ4v) is 4.59. The minimum Gasteiger partial charge on any atom is -0.361 e. The van der Waals surface area contributed by atoms with Gasteiger partial charge in [-0.15, -0.1) is 10.2 Å². The second-order valence-corrected chi connectivity index (χ2v) is 8.54. The minimum absolute atomic E-state index is 0.782. The molecule has 0 fully saturated rings. The SMILES string of the molecule is CCNC(=NCCCc1nnc2n1CCCCC2)NCCc1c[nH]c2c(CC)cccc12. The molecule has 4 rings (SSSR count). The van der Waals surface area contributed by atoms with Gasteiger partial charge in [-0.2, -0.15) is 0 Å². The van der Waals surface area contributed by atoms with Crippen molar-refractivity contribution in [3.63, 3.8) is 0 Å². The lowest BCUT2D eigenvalue weighted by molar-refractivity contribution is 0.597. The van der Waals surface area contributed by atoms with Crippen LogP contribution in [0.3, 0.4) is 0 Å². The molecule has 0 bridgehead atoms. The number of guanidine groups is 1. The molecular formula is C25H37N7. The van der Waals surface area contributed by atoms with E-state index in [0.29, 0.717) is 0 Å². The molecule has 0 amide bonds. The van der Waals surface area contributed by atoms with Crippen molar-refractivity contribution in [1.29, 1.82) is 0 Å². The Morgan fingerprint density at radius 1 is 1.09 bits per heavy atom. The number of H-pyrrole nitrogens is 1. The average molecular weight is 436 g/mol. The summed E-state index contributed by atoms with van der Waals surface area (Å²) >= 11 is 0. The summed E-state index contributed by atoms with van der Waals surface area (Å²) in [6.07, 6.45) is 10.9. The third-order valence-corrected chi connectivity index (χ3v) is 6.31. The first-order valence-electron chi connectivity index (χ1n) is 12.3. The van der Waals surface area contributed by atoms with Crippen LogP contribution in [0.1, 0.15) is 62.3 Å². The summed E-state index contributed by atoms with van der Waals surface area (Å²) in [5.41, 5.74) is 4.00. The molecule has 3 heterocycles. The van der Waals surface area contributed by atoms with Crippen LogP contribution in [0.15, 0.2) is 29.4 Å². The number of benzene rings is 1. The van der Waals surface area contributed by atoms with E-state index in [0.717, 1.165) is 70.1 Å². The smallest absolute Gasteiger partial charge is 0.191 e. The third kappa shape index (κ3) is 5.31. The summed E-state index contributed by atoms with van der Waals surface area (Å²) in [6, 6.07) is 6.57. The first-order chi connectivity index (χ1) is 15.8. The Hall–Kier alpha value is -2.83. The Labute approximate surface area is 191 Å². The van der Waals surface area contributed by atoms with Crippen molar-refractivity contribution in [2.24, 2.45) is 4.99 Å². The van der Waals surface area contributed by atoms with Crippen LogP contribution in [0, 0.1) is 0 Å². The van der Waals surface area contributed by atoms with Crippen LogP contribution in [0.25, 0.3) is 10.9 Å². The first-order valence-corrected chi connectivity index (χ1v) is 12.3. The molecule has 1 aromatic carbocycles. The standard InChI is InChI=1S/C25H37N7/c1-3-19-10-8-11-21-20(18-29-24(19)21)14-16-28-25(26-4-2)27-15-9-13-23-31-30-22-12-6-5-7-17-32(22)23/h8,10-11,18,29H,3-7,9,12-17H2,1-2H3,(H2,26,27,28). The van der Waals surface area contributed by atoms with Crippen LogP contribution in [-0.4, -0.2) is 45.3 Å². The van der Waals surface area contributed by atoms with E-state index in [9.17, 15) is 0 Å². The lowest BCUT2D eigenvalue weighted by atomic mass is 10.1. The topological polar surface area (TPSA) is 82.9 Å². The zero-order valence-corrected chi connectivity index (χ0v) is 19.6. The van der Waals surface area contributed by atoms with E-state index in [2.05, 4.69) is 68.6 Å². The maximum atomic E-state index is 4.78. The lowest BCUT2D eigenvalue weighted by Crippen LogP contribution is -2.38. The molecule has 7 heteroatoms. The maximum absolute atomic E-state index is 4.78. The molecule has 3 aromatic rings. The van der Waals surface area contributed by atoms with Crippen LogP contribution in [0.2, 0.25) is 0 Å². The molecule has 0 aliphatic carbocycles. The zero-order chi connectivity index (χ0) is 22.2. The number of aromatic amines is 1. The molecule has 0 unspecified atom stereocenters. The molecule has 7 nitrogen and oxygen atoms in total. The molecule has 0 atom stereocenters. The number of hydrogen-bond donors (Lipinski definition) is 3. The summed E-state index contributed by atoms with van der Waals surface area (Å²) in [6.45, 7) is 7.87. The highest BCUT2D eigenvalue weighted by molar-refractivity contribution is 5.86. The van der Waals surface area contributed by atoms with Gasteiger partial charge in [-0.25, -0.2) is 0 Å². The summed E-state index contributed by atoms with van der Waals surface area (Å²) in [5, 5.41) is 17.0. The fourth-order valence-electron chi connectivity index (χ4n) is 4.59. The number of fused-ring (bicyclic) bond motifs is 2. The van der Waals surface area contributed by atoms with Gasteiger partial charge in [0.2, 0.25) is 0 Å². The molecular weight excluding hydrogens is 398 g/mol. The van der Waals surface area contributed by atoms with Gasteiger partial charge in [0.1, 0.15) is 11.6 Å². The van der Waals surface area contributed by atoms with Crippen LogP contribution in [0.4, 0.5) is 0 Å². The molecule has 1 aliphatic rings. The van der Waals surface area contributed by atoms with Gasteiger partial charge in [-0.3, -0.25) is 4.99 Å². The summed E-state index contributed by atoms with van der Waals surface area (Å²) in [4.78, 5) is 8.25. The summed E-state index contributed by atoms with van der Waals surface area (Å²) in [5.74, 6) is 3.18. The number of nitrogens with zero attached hydrogens (tertiary/aromatic N) is 4. The van der Waals surface area contributed by atoms with E-state index in [-0.39, 0.29) is 0 Å². The molecule has 3 N–H and O–H groups in total. The Kier molecular flexibility index (Phi) is 7.80. The van der Waals surface area contributed by atoms with Gasteiger partial charge in [-0.05, 0) is 50.2 Å². The van der Waals surface area contributed by atoms with Crippen LogP contribution >= 0.6 is 0 Å². The van der Waals surface area contributed by atoms with E-state index >= 15 is 0 Å². The number of para-hydroxylation sites is 1. The van der Waals surface area contributed by atoms with Crippen molar-refractivity contribution in [2.45, 2.75) is 71.8 Å². The summed E-state index contributed by atoms with van der Waals surface area (Å²) in [7, 11) is 0. The molecule has 0 radical (unpaired) electrons. The van der Waals surface area contributed by atoms with E-state index in [4.69, 9.17) is 4.99 Å². The number of rotatable bonds is 9. The van der Waals surface area contributed by atoms with Gasteiger partial charge in [0, 0.05) is 56.1 Å². The van der Waals surface area contributed by atoms with E-state index in [1.165, 1.54) is 47.1 Å². The highest BCUT2D eigenvalue weighted by atomic mass is 15.3. The predicted molar refractivity (Wildman–Crippen MR) is 131 cm³/mol. The Morgan fingerprint density at radius 2 is 2.03 bits per heavy atom. The second kappa shape index (κ2) is 11.2. The molecule has 172 valence electrons. The van der Waals surface area contributed by atoms with Crippen molar-refractivity contribution >= 4 is 16.9 Å². The molecule has 0 spiro atoms. The Bertz CT molecular complexity index is 1030. The van der Waals surface area contributed by atoms with Gasteiger partial charge >= 0.3 is 0 Å². The quantitative estimate of drug-likeness (QED) is 0.271. The van der Waals surface area contributed by atoms with Crippen molar-refractivity contribution in [3.8, 4) is 0 Å². The first kappa shape index (κ1) is 22.4. The third-order valence-electron chi connectivity index (χ3n) is 6.31. The Balaban J connectivity index is 1.28. The zero-order valence-electron chi connectivity index (χ0n) is 19.6. The van der Waals surface area contributed by atoms with E-state index in [1.807, 2.05) is 0 Å². The number of aromatic nitrogens is 4. The normalized spacial score (nSPS) is 14.4. The van der Waals surface area contributed by atoms with Crippen molar-refractivity contribution in [1.82, 2.24) is 30.4 Å². The highest BCUT2D eigenvalue weighted by Gasteiger charge is 2.14. The lowest BCUT2D eigenvalue weighted by Gasteiger charge is -2.11. The highest BCUT2D eigenvalue weighted by Crippen LogP contribution is 2.22. The summed E-state index contributed by atoms with van der Waals surface area (Å²) < 4.78 is 2.34. The van der Waals surface area contributed by atoms with Crippen molar-refractivity contribution in [3.05, 3.63) is 47.2 Å². The number of aryl methyl sites for hydroxylation is 3. The molecule has 32 heavy (non-hydrogen) atoms. The number of aliphatic imine (C=N–C) groups is 1. The van der Waals surface area contributed by atoms with Gasteiger partial charge < -0.3 is 20.2 Å². The van der Waals surface area contributed by atoms with E-state index < -0.39 is 0 Å². The van der Waals surface area contributed by atoms with E-state index in [1.54, 1.807) is 0 Å². The molecule has 0 saturated carbocycles. The van der Waals surface area contributed by atoms with Gasteiger partial charge in [-0.1, -0.05) is 31.5 Å². The van der Waals surface area contributed by atoms with Crippen LogP contribution in [0.5, 0.6) is 0 Å². The Morgan fingerprint density at radius 3 is 2.91 bits per heavy atom. The second-order valence-electron chi connectivity index (χ2n) is 8.54. The molecule has 0 saturated heterocycles. The number of nitrogens with one attached hydrogen (secondary N) is 3. The van der Waals surface area contributed by atoms with Crippen LogP contribution < -0.4 is 10.6 Å². The van der Waals surface area contributed by atoms with Crippen molar-refractivity contribution in [2.75, 3.05) is 19.6 Å². The fraction of sp³-hybridized carbons (Fsp3) is 0.560. The van der Waals surface area contributed by atoms with Crippen molar-refractivity contribution < 1.29 is 0 Å². The van der Waals surface area contributed by atoms with Gasteiger partial charge in [0.05, 0.1) is 0 Å². The molecule has 2 aromatic heterocycles. The largest absolute Gasteiger partial charge is 0.361 e. The predicted octanol–water partition coefficient (Wildman–Crippen LogP) is 3.78. The monoisotopic (exact) mass is 435 g/mol.